The smallest absolute Gasteiger partial charge is 0.203 e. The minimum Gasteiger partial charge on any atom is -0.374 e. The van der Waals surface area contributed by atoms with E-state index in [1.54, 1.807) is 0 Å². The average Bonchev–Trinajstić information content (AvgIpc) is 3.13. The molecule has 3 aromatic heterocycles. The molecule has 6 heteroatoms. The molecule has 0 aliphatic rings. The number of anilines is 1. The Morgan fingerprint density at radius 1 is 1.09 bits per heavy atom. The number of rotatable bonds is 2. The Balaban J connectivity index is 1.85. The number of imidazole rings is 1. The molecule has 0 aliphatic heterocycles. The zero-order valence-corrected chi connectivity index (χ0v) is 12.7. The fourth-order valence-electron chi connectivity index (χ4n) is 2.46. The summed E-state index contributed by atoms with van der Waals surface area (Å²) in [6.45, 7) is 2.06. The van der Waals surface area contributed by atoms with Gasteiger partial charge in [-0.3, -0.25) is 4.40 Å². The summed E-state index contributed by atoms with van der Waals surface area (Å²) in [5, 5.41) is 9.28. The molecule has 1 aromatic carbocycles. The SMILES string of the molecule is Cc1ccn2c(-c3cccc(-c4nnc(N)s4)c3)cnc2c1. The van der Waals surface area contributed by atoms with E-state index in [2.05, 4.69) is 50.8 Å². The fraction of sp³-hybridized carbons (Fsp3) is 0.0625. The molecule has 0 saturated carbocycles. The highest BCUT2D eigenvalue weighted by atomic mass is 32.1. The number of hydrogen-bond donors (Lipinski definition) is 1. The van der Waals surface area contributed by atoms with Gasteiger partial charge in [0.25, 0.3) is 0 Å². The second kappa shape index (κ2) is 4.92. The third-order valence-electron chi connectivity index (χ3n) is 3.51. The molecule has 0 atom stereocenters. The van der Waals surface area contributed by atoms with Gasteiger partial charge in [-0.2, -0.15) is 0 Å². The van der Waals surface area contributed by atoms with Gasteiger partial charge in [0.15, 0.2) is 0 Å². The fourth-order valence-corrected chi connectivity index (χ4v) is 3.07. The summed E-state index contributed by atoms with van der Waals surface area (Å²) in [5.74, 6) is 0. The highest BCUT2D eigenvalue weighted by molar-refractivity contribution is 7.18. The topological polar surface area (TPSA) is 69.1 Å². The third-order valence-corrected chi connectivity index (χ3v) is 4.32. The number of nitrogen functional groups attached to an aromatic ring is 1. The molecular formula is C16H13N5S. The second-order valence-electron chi connectivity index (χ2n) is 5.10. The zero-order chi connectivity index (χ0) is 15.1. The summed E-state index contributed by atoms with van der Waals surface area (Å²) < 4.78 is 2.08. The van der Waals surface area contributed by atoms with Crippen molar-refractivity contribution in [2.24, 2.45) is 0 Å². The number of aryl methyl sites for hydroxylation is 1. The molecule has 22 heavy (non-hydrogen) atoms. The Morgan fingerprint density at radius 2 is 1.95 bits per heavy atom. The monoisotopic (exact) mass is 307 g/mol. The van der Waals surface area contributed by atoms with Gasteiger partial charge in [0, 0.05) is 17.3 Å². The Bertz CT molecular complexity index is 970. The highest BCUT2D eigenvalue weighted by Crippen LogP contribution is 2.29. The van der Waals surface area contributed by atoms with Gasteiger partial charge in [0.05, 0.1) is 11.9 Å². The van der Waals surface area contributed by atoms with Crippen molar-refractivity contribution in [3.63, 3.8) is 0 Å². The minimum absolute atomic E-state index is 0.477. The van der Waals surface area contributed by atoms with Gasteiger partial charge >= 0.3 is 0 Å². The normalized spacial score (nSPS) is 11.1. The average molecular weight is 307 g/mol. The number of fused-ring (bicyclic) bond motifs is 1. The van der Waals surface area contributed by atoms with Crippen molar-refractivity contribution >= 4 is 22.1 Å². The summed E-state index contributed by atoms with van der Waals surface area (Å²) in [4.78, 5) is 4.48. The molecule has 4 rings (SSSR count). The largest absolute Gasteiger partial charge is 0.374 e. The van der Waals surface area contributed by atoms with Crippen LogP contribution in [0.4, 0.5) is 5.13 Å². The van der Waals surface area contributed by atoms with Gasteiger partial charge in [-0.1, -0.05) is 29.5 Å². The number of pyridine rings is 1. The quantitative estimate of drug-likeness (QED) is 0.616. The molecule has 0 spiro atoms. The van der Waals surface area contributed by atoms with E-state index in [1.807, 2.05) is 24.5 Å². The van der Waals surface area contributed by atoms with Gasteiger partial charge in [-0.05, 0) is 30.7 Å². The lowest BCUT2D eigenvalue weighted by Gasteiger charge is -2.04. The first kappa shape index (κ1) is 13.0. The Morgan fingerprint density at radius 3 is 2.77 bits per heavy atom. The standard InChI is InChI=1S/C16H13N5S/c1-10-5-6-21-13(9-18-14(21)7-10)11-3-2-4-12(8-11)15-19-20-16(17)22-15/h2-9H,1H3,(H2,17,20). The van der Waals surface area contributed by atoms with Crippen LogP contribution in [0, 0.1) is 6.92 Å². The Hall–Kier alpha value is -2.73. The number of hydrogen-bond acceptors (Lipinski definition) is 5. The molecule has 5 nitrogen and oxygen atoms in total. The zero-order valence-electron chi connectivity index (χ0n) is 11.9. The molecule has 0 saturated heterocycles. The maximum Gasteiger partial charge on any atom is 0.203 e. The highest BCUT2D eigenvalue weighted by Gasteiger charge is 2.09. The first-order chi connectivity index (χ1) is 10.7. The van der Waals surface area contributed by atoms with E-state index in [1.165, 1.54) is 16.9 Å². The van der Waals surface area contributed by atoms with Crippen molar-refractivity contribution in [3.05, 3.63) is 54.4 Å². The van der Waals surface area contributed by atoms with Crippen LogP contribution in [-0.2, 0) is 0 Å². The molecule has 4 aromatic rings. The maximum absolute atomic E-state index is 5.67. The van der Waals surface area contributed by atoms with Crippen LogP contribution in [0.1, 0.15) is 5.56 Å². The molecule has 0 aliphatic carbocycles. The molecule has 0 radical (unpaired) electrons. The first-order valence-corrected chi connectivity index (χ1v) is 7.66. The van der Waals surface area contributed by atoms with Crippen molar-refractivity contribution in [1.82, 2.24) is 19.6 Å². The molecule has 2 N–H and O–H groups in total. The van der Waals surface area contributed by atoms with Gasteiger partial charge in [-0.25, -0.2) is 4.98 Å². The lowest BCUT2D eigenvalue weighted by molar-refractivity contribution is 1.10. The summed E-state index contributed by atoms with van der Waals surface area (Å²) in [5.41, 5.74) is 11.0. The van der Waals surface area contributed by atoms with E-state index in [9.17, 15) is 0 Å². The molecule has 0 unspecified atom stereocenters. The molecule has 0 amide bonds. The number of benzene rings is 1. The molecule has 0 fully saturated rings. The number of nitrogens with zero attached hydrogens (tertiary/aromatic N) is 4. The van der Waals surface area contributed by atoms with E-state index in [0.29, 0.717) is 5.13 Å². The van der Waals surface area contributed by atoms with E-state index < -0.39 is 0 Å². The van der Waals surface area contributed by atoms with Crippen LogP contribution in [0.5, 0.6) is 0 Å². The lowest BCUT2D eigenvalue weighted by Crippen LogP contribution is -1.89. The van der Waals surface area contributed by atoms with E-state index in [-0.39, 0.29) is 0 Å². The van der Waals surface area contributed by atoms with Crippen molar-refractivity contribution in [3.8, 4) is 21.8 Å². The van der Waals surface area contributed by atoms with Crippen LogP contribution < -0.4 is 5.73 Å². The number of aromatic nitrogens is 4. The summed E-state index contributed by atoms with van der Waals surface area (Å²) in [6, 6.07) is 12.3. The van der Waals surface area contributed by atoms with Gasteiger partial charge in [-0.15, -0.1) is 10.2 Å². The second-order valence-corrected chi connectivity index (χ2v) is 6.11. The lowest BCUT2D eigenvalue weighted by atomic mass is 10.1. The van der Waals surface area contributed by atoms with Crippen LogP contribution in [0.3, 0.4) is 0 Å². The first-order valence-electron chi connectivity index (χ1n) is 6.84. The predicted molar refractivity (Wildman–Crippen MR) is 88.7 cm³/mol. The van der Waals surface area contributed by atoms with Crippen molar-refractivity contribution in [2.75, 3.05) is 5.73 Å². The van der Waals surface area contributed by atoms with Crippen molar-refractivity contribution in [1.29, 1.82) is 0 Å². The van der Waals surface area contributed by atoms with Crippen LogP contribution in [0.2, 0.25) is 0 Å². The maximum atomic E-state index is 5.67. The van der Waals surface area contributed by atoms with Crippen molar-refractivity contribution in [2.45, 2.75) is 6.92 Å². The van der Waals surface area contributed by atoms with Crippen molar-refractivity contribution < 1.29 is 0 Å². The van der Waals surface area contributed by atoms with Crippen LogP contribution in [0.25, 0.3) is 27.5 Å². The van der Waals surface area contributed by atoms with Gasteiger partial charge < -0.3 is 5.73 Å². The Kier molecular flexibility index (Phi) is 2.90. The minimum atomic E-state index is 0.477. The summed E-state index contributed by atoms with van der Waals surface area (Å²) in [6.07, 6.45) is 3.94. The summed E-state index contributed by atoms with van der Waals surface area (Å²) >= 11 is 1.39. The molecular weight excluding hydrogens is 294 g/mol. The Labute approximate surface area is 131 Å². The van der Waals surface area contributed by atoms with E-state index >= 15 is 0 Å². The predicted octanol–water partition coefficient (Wildman–Crippen LogP) is 3.41. The van der Waals surface area contributed by atoms with E-state index in [4.69, 9.17) is 5.73 Å². The number of nitrogens with two attached hydrogens (primary N) is 1. The van der Waals surface area contributed by atoms with Crippen LogP contribution in [-0.4, -0.2) is 19.6 Å². The summed E-state index contributed by atoms with van der Waals surface area (Å²) in [7, 11) is 0. The molecule has 3 heterocycles. The van der Waals surface area contributed by atoms with Crippen LogP contribution in [0.15, 0.2) is 48.8 Å². The van der Waals surface area contributed by atoms with Crippen LogP contribution >= 0.6 is 11.3 Å². The molecule has 108 valence electrons. The van der Waals surface area contributed by atoms with Gasteiger partial charge in [0.1, 0.15) is 10.7 Å². The third kappa shape index (κ3) is 2.14. The molecule has 0 bridgehead atoms. The van der Waals surface area contributed by atoms with E-state index in [0.717, 1.165) is 27.5 Å². The van der Waals surface area contributed by atoms with Gasteiger partial charge in [0.2, 0.25) is 5.13 Å².